The molecule has 576 valence electrons. The second-order valence-electron chi connectivity index (χ2n) is 24.0. The van der Waals surface area contributed by atoms with Crippen LogP contribution >= 0.6 is 0 Å². The summed E-state index contributed by atoms with van der Waals surface area (Å²) in [7, 11) is -20.9. The number of nitrogens with one attached hydrogen (secondary N) is 4. The van der Waals surface area contributed by atoms with Gasteiger partial charge in [0.05, 0.1) is 46.0 Å². The van der Waals surface area contributed by atoms with E-state index in [1.54, 1.807) is 27.7 Å². The zero-order chi connectivity index (χ0) is 78.6. The van der Waals surface area contributed by atoms with Crippen molar-refractivity contribution in [1.82, 2.24) is 0 Å². The highest BCUT2D eigenvalue weighted by Gasteiger charge is 2.43. The Hall–Kier alpha value is -10.2. The van der Waals surface area contributed by atoms with Crippen LogP contribution in [-0.4, -0.2) is 108 Å². The molecule has 0 spiro atoms. The molecular formula is C72H68F12N8O12S4. The van der Waals surface area contributed by atoms with Crippen LogP contribution in [-0.2, 0) is 65.8 Å². The van der Waals surface area contributed by atoms with Crippen LogP contribution in [0.5, 0.6) is 23.0 Å². The van der Waals surface area contributed by atoms with Crippen LogP contribution in [0.4, 0.5) is 75.4 Å². The molecule has 0 radical (unpaired) electrons. The van der Waals surface area contributed by atoms with E-state index in [1.807, 2.05) is 0 Å². The zero-order valence-corrected chi connectivity index (χ0v) is 60.8. The van der Waals surface area contributed by atoms with Crippen molar-refractivity contribution in [2.75, 3.05) is 47.7 Å². The van der Waals surface area contributed by atoms with Gasteiger partial charge < -0.3 is 40.2 Å². The summed E-state index contributed by atoms with van der Waals surface area (Å²) in [6, 6.07) is 31.2. The van der Waals surface area contributed by atoms with Crippen molar-refractivity contribution >= 4 is 86.2 Å². The van der Waals surface area contributed by atoms with Crippen molar-refractivity contribution in [3.63, 3.8) is 0 Å². The normalized spacial score (nSPS) is 13.9. The van der Waals surface area contributed by atoms with Crippen molar-refractivity contribution in [3.8, 4) is 23.0 Å². The van der Waals surface area contributed by atoms with Crippen molar-refractivity contribution in [1.29, 1.82) is 0 Å². The smallest absolute Gasteiger partial charge is 0.450 e. The average Bonchev–Trinajstić information content (AvgIpc) is 0.765. The van der Waals surface area contributed by atoms with E-state index in [4.69, 9.17) is 18.9 Å². The highest BCUT2D eigenvalue weighted by Crippen LogP contribution is 2.45. The van der Waals surface area contributed by atoms with Gasteiger partial charge in [-0.05, 0) is 123 Å². The van der Waals surface area contributed by atoms with Gasteiger partial charge in [-0.1, -0.05) is 100 Å². The second kappa shape index (κ2) is 33.9. The van der Waals surface area contributed by atoms with E-state index < -0.39 is 156 Å². The molecule has 0 amide bonds. The van der Waals surface area contributed by atoms with Gasteiger partial charge in [0, 0.05) is 92.9 Å². The molecule has 108 heavy (non-hydrogen) atoms. The number of amidine groups is 4. The molecule has 0 saturated heterocycles. The molecule has 1 aliphatic carbocycles. The van der Waals surface area contributed by atoms with Gasteiger partial charge in [-0.15, -0.1) is 17.6 Å². The number of ether oxygens (including phenoxy) is 4. The third kappa shape index (κ3) is 21.1. The fraction of sp³-hybridized carbons (Fsp3) is 0.278. The maximum absolute atomic E-state index is 15.6. The summed E-state index contributed by atoms with van der Waals surface area (Å²) in [5.74, 6) is -9.46. The first-order valence-electron chi connectivity index (χ1n) is 32.9. The van der Waals surface area contributed by atoms with Crippen LogP contribution < -0.4 is 40.2 Å². The summed E-state index contributed by atoms with van der Waals surface area (Å²) in [5.41, 5.74) is -4.24. The maximum Gasteiger partial charge on any atom is 0.450 e. The Kier molecular flexibility index (Phi) is 25.7. The molecule has 9 rings (SSSR count). The van der Waals surface area contributed by atoms with Gasteiger partial charge in [0.1, 0.15) is 23.0 Å². The number of hydrogen-bond acceptors (Lipinski definition) is 12. The van der Waals surface area contributed by atoms with Crippen LogP contribution in [0.2, 0.25) is 0 Å². The molecule has 4 N–H and O–H groups in total. The number of anilines is 4. The van der Waals surface area contributed by atoms with Gasteiger partial charge >= 0.3 is 24.7 Å². The SMILES string of the molecule is CCCOc1c2cc(N/C(=N/S(=O)(=O)c3ccccc3)C(F)(F)F)cc1Cc1cc(N/C(=N/S(=O)(=O)c3ccccc3)C(F)(F)F)cc(c1OCCC)Cc1cc(N/C(=N/S(=O)(=O)c3ccccc3)C(F)(F)F)cc(c1OCCC)Cc1cc(N/C(=N/S(=O)(=O)c3ccccc3)C(F)(F)F)cc(c1OCCC)C2. The van der Waals surface area contributed by atoms with Crippen LogP contribution in [0.3, 0.4) is 0 Å². The summed E-state index contributed by atoms with van der Waals surface area (Å²) < 4.78 is 336. The van der Waals surface area contributed by atoms with Crippen molar-refractivity contribution < 1.29 is 105 Å². The van der Waals surface area contributed by atoms with Gasteiger partial charge in [0.2, 0.25) is 23.3 Å². The summed E-state index contributed by atoms with van der Waals surface area (Å²) >= 11 is 0. The Morgan fingerprint density at radius 2 is 0.454 bits per heavy atom. The van der Waals surface area contributed by atoms with Gasteiger partial charge in [-0.25, -0.2) is 0 Å². The molecule has 1 aliphatic rings. The highest BCUT2D eigenvalue weighted by atomic mass is 32.2. The van der Waals surface area contributed by atoms with Gasteiger partial charge in [-0.3, -0.25) is 0 Å². The van der Waals surface area contributed by atoms with E-state index in [1.165, 1.54) is 72.8 Å². The third-order valence-corrected chi connectivity index (χ3v) is 20.6. The zero-order valence-electron chi connectivity index (χ0n) is 57.5. The van der Waals surface area contributed by atoms with Crippen molar-refractivity contribution in [2.24, 2.45) is 17.6 Å². The predicted octanol–water partition coefficient (Wildman–Crippen LogP) is 16.6. The number of rotatable bonds is 24. The first-order valence-corrected chi connectivity index (χ1v) is 38.7. The maximum atomic E-state index is 15.6. The molecule has 8 aromatic carbocycles. The quantitative estimate of drug-likeness (QED) is 0.0249. The fourth-order valence-electron chi connectivity index (χ4n) is 10.9. The summed E-state index contributed by atoms with van der Waals surface area (Å²) in [6.45, 7) is 5.66. The minimum Gasteiger partial charge on any atom is -0.493 e. The van der Waals surface area contributed by atoms with E-state index in [0.29, 0.717) is 0 Å². The molecule has 36 heteroatoms. The van der Waals surface area contributed by atoms with E-state index in [0.717, 1.165) is 97.1 Å². The molecule has 0 aliphatic heterocycles. The van der Waals surface area contributed by atoms with E-state index >= 15 is 52.7 Å². The summed E-state index contributed by atoms with van der Waals surface area (Å²) in [6.07, 6.45) is -24.8. The fourth-order valence-corrected chi connectivity index (χ4v) is 14.9. The Morgan fingerprint density at radius 1 is 0.296 bits per heavy atom. The first kappa shape index (κ1) is 81.9. The Bertz CT molecular complexity index is 4440. The van der Waals surface area contributed by atoms with E-state index in [-0.39, 0.29) is 120 Å². The lowest BCUT2D eigenvalue weighted by molar-refractivity contribution is -0.0593. The van der Waals surface area contributed by atoms with Crippen molar-refractivity contribution in [3.05, 3.63) is 214 Å². The molecule has 8 bridgehead atoms. The molecule has 20 nitrogen and oxygen atoms in total. The lowest BCUT2D eigenvalue weighted by Gasteiger charge is -2.25. The van der Waals surface area contributed by atoms with Crippen molar-refractivity contribution in [2.45, 2.75) is 123 Å². The number of fused-ring (bicyclic) bond motifs is 8. The van der Waals surface area contributed by atoms with Crippen LogP contribution in [0.1, 0.15) is 97.9 Å². The van der Waals surface area contributed by atoms with Gasteiger partial charge in [0.15, 0.2) is 0 Å². The molecule has 0 fully saturated rings. The molecule has 8 aromatic rings. The third-order valence-electron chi connectivity index (χ3n) is 15.4. The van der Waals surface area contributed by atoms with E-state index in [2.05, 4.69) is 38.9 Å². The lowest BCUT2D eigenvalue weighted by atomic mass is 9.90. The molecule has 0 atom stereocenters. The topological polar surface area (TPSA) is 271 Å². The summed E-state index contributed by atoms with van der Waals surface area (Å²) in [4.78, 5) is -2.71. The Labute approximate surface area is 614 Å². The predicted molar refractivity (Wildman–Crippen MR) is 383 cm³/mol. The number of nitrogens with zero attached hydrogens (tertiary/aromatic N) is 4. The molecule has 0 unspecified atom stereocenters. The molecule has 0 saturated carbocycles. The molecule has 0 heterocycles. The highest BCUT2D eigenvalue weighted by molar-refractivity contribution is 7.91. The number of alkyl halides is 12. The monoisotopic (exact) mass is 1590 g/mol. The standard InChI is InChI=1S/C72H68F12N8O12S4/c1-5-29-101-61-45-33-47-39-54(86-66(70(76,77)78)90-106(95,96)58-23-15-10-16-24-58)41-49(62(47)102-30-6-2)35-51-43-56(88-68(72(82,83)84)92-108(99,100)60-27-19-12-20-28-60)44-52(64(51)104-32-8-4)36-50-42-55(87-67(71(79,80)81)91-107(97,98)59-25-17-11-18-26-59)40-48(63(50)103-31-7-3)34-46(61)38-53(37-45)85-65(69(73,74)75)89-105(93,94)57-21-13-9-14-22-57/h9-28,37-44H,5-8,29-36H2,1-4H3,(H,85,89)(H,86,90)(H,87,91)(H,88,92). The number of sulfonamides is 4. The lowest BCUT2D eigenvalue weighted by Crippen LogP contribution is -2.32. The average molecular weight is 1590 g/mol. The minimum atomic E-state index is -5.64. The van der Waals surface area contributed by atoms with Crippen LogP contribution in [0.15, 0.2) is 207 Å². The summed E-state index contributed by atoms with van der Waals surface area (Å²) in [5, 5.41) is 8.29. The Morgan fingerprint density at radius 3 is 0.593 bits per heavy atom. The first-order chi connectivity index (χ1) is 50.8. The van der Waals surface area contributed by atoms with Gasteiger partial charge in [-0.2, -0.15) is 86.4 Å². The Balaban J connectivity index is 1.45. The molecule has 0 aromatic heterocycles. The largest absolute Gasteiger partial charge is 0.493 e. The van der Waals surface area contributed by atoms with Crippen LogP contribution in [0, 0.1) is 0 Å². The molecular weight excluding hydrogens is 1530 g/mol. The minimum absolute atomic E-state index is 0.178. The number of halogens is 12. The second-order valence-corrected chi connectivity index (χ2v) is 30.4. The number of benzene rings is 8. The number of hydrogen-bond donors (Lipinski definition) is 4. The van der Waals surface area contributed by atoms with Gasteiger partial charge in [0.25, 0.3) is 40.1 Å². The van der Waals surface area contributed by atoms with Crippen LogP contribution in [0.25, 0.3) is 0 Å². The van der Waals surface area contributed by atoms with E-state index in [9.17, 15) is 33.7 Å².